The van der Waals surface area contributed by atoms with Gasteiger partial charge in [-0.05, 0) is 23.8 Å². The van der Waals surface area contributed by atoms with Gasteiger partial charge in [0, 0.05) is 11.8 Å². The summed E-state index contributed by atoms with van der Waals surface area (Å²) in [5.74, 6) is 0. The number of hydrogen-bond acceptors (Lipinski definition) is 3. The second-order valence-electron chi connectivity index (χ2n) is 5.16. The van der Waals surface area contributed by atoms with Crippen molar-refractivity contribution in [3.8, 4) is 0 Å². The minimum atomic E-state index is 0.617. The molecule has 0 aromatic heterocycles. The molecule has 0 spiro atoms. The molecule has 0 bridgehead atoms. The highest BCUT2D eigenvalue weighted by Crippen LogP contribution is 2.25. The maximum atomic E-state index is 10.5. The van der Waals surface area contributed by atoms with Crippen LogP contribution >= 0.6 is 0 Å². The second-order valence-corrected chi connectivity index (χ2v) is 5.16. The Labute approximate surface area is 136 Å². The van der Waals surface area contributed by atoms with E-state index in [1.54, 1.807) is 6.21 Å². The van der Waals surface area contributed by atoms with Gasteiger partial charge >= 0.3 is 0 Å². The SMILES string of the molecule is ON(c1ccccc1)c1ccccc1C=NCc1ccccc1. The number of aliphatic imine (C=N–C) groups is 1. The fraction of sp³-hybridized carbons (Fsp3) is 0.0500. The molecule has 0 fully saturated rings. The van der Waals surface area contributed by atoms with E-state index in [0.29, 0.717) is 12.2 Å². The van der Waals surface area contributed by atoms with Crippen molar-refractivity contribution in [2.24, 2.45) is 4.99 Å². The van der Waals surface area contributed by atoms with Gasteiger partial charge in [0.15, 0.2) is 0 Å². The predicted octanol–water partition coefficient (Wildman–Crippen LogP) is 4.83. The van der Waals surface area contributed by atoms with Gasteiger partial charge in [-0.2, -0.15) is 0 Å². The zero-order valence-corrected chi connectivity index (χ0v) is 12.7. The zero-order valence-electron chi connectivity index (χ0n) is 12.7. The Kier molecular flexibility index (Phi) is 4.82. The summed E-state index contributed by atoms with van der Waals surface area (Å²) < 4.78 is 0. The molecule has 0 saturated heterocycles. The van der Waals surface area contributed by atoms with Crippen LogP contribution in [0.5, 0.6) is 0 Å². The summed E-state index contributed by atoms with van der Waals surface area (Å²) in [5, 5.41) is 11.6. The third-order valence-corrected chi connectivity index (χ3v) is 3.51. The van der Waals surface area contributed by atoms with Gasteiger partial charge in [0.1, 0.15) is 0 Å². The van der Waals surface area contributed by atoms with Crippen LogP contribution in [0.4, 0.5) is 11.4 Å². The van der Waals surface area contributed by atoms with E-state index in [4.69, 9.17) is 0 Å². The van der Waals surface area contributed by atoms with Crippen molar-refractivity contribution in [3.63, 3.8) is 0 Å². The molecule has 3 aromatic carbocycles. The number of nitrogens with zero attached hydrogens (tertiary/aromatic N) is 2. The Morgan fingerprint density at radius 2 is 1.39 bits per heavy atom. The first-order chi connectivity index (χ1) is 11.3. The summed E-state index contributed by atoms with van der Waals surface area (Å²) in [6.07, 6.45) is 1.80. The van der Waals surface area contributed by atoms with E-state index >= 15 is 0 Å². The number of benzene rings is 3. The van der Waals surface area contributed by atoms with Gasteiger partial charge in [0.2, 0.25) is 0 Å². The highest BCUT2D eigenvalue weighted by atomic mass is 16.5. The topological polar surface area (TPSA) is 35.8 Å². The van der Waals surface area contributed by atoms with Crippen LogP contribution in [0.25, 0.3) is 0 Å². The summed E-state index contributed by atoms with van der Waals surface area (Å²) >= 11 is 0. The molecule has 1 N–H and O–H groups in total. The largest absolute Gasteiger partial charge is 0.288 e. The lowest BCUT2D eigenvalue weighted by atomic mass is 10.1. The van der Waals surface area contributed by atoms with E-state index in [1.165, 1.54) is 5.06 Å². The van der Waals surface area contributed by atoms with Crippen LogP contribution < -0.4 is 5.06 Å². The van der Waals surface area contributed by atoms with Crippen molar-refractivity contribution in [1.82, 2.24) is 0 Å². The minimum Gasteiger partial charge on any atom is -0.288 e. The van der Waals surface area contributed by atoms with E-state index < -0.39 is 0 Å². The third-order valence-electron chi connectivity index (χ3n) is 3.51. The second kappa shape index (κ2) is 7.38. The number of para-hydroxylation sites is 2. The average molecular weight is 302 g/mol. The van der Waals surface area contributed by atoms with Crippen LogP contribution in [0.3, 0.4) is 0 Å². The van der Waals surface area contributed by atoms with Gasteiger partial charge in [-0.15, -0.1) is 0 Å². The first-order valence-electron chi connectivity index (χ1n) is 7.51. The maximum absolute atomic E-state index is 10.5. The molecule has 0 radical (unpaired) electrons. The zero-order chi connectivity index (χ0) is 15.9. The van der Waals surface area contributed by atoms with E-state index in [1.807, 2.05) is 84.9 Å². The molecule has 0 aliphatic carbocycles. The number of hydrogen-bond donors (Lipinski definition) is 1. The van der Waals surface area contributed by atoms with Crippen LogP contribution in [0, 0.1) is 0 Å². The van der Waals surface area contributed by atoms with Crippen molar-refractivity contribution in [2.75, 3.05) is 5.06 Å². The highest BCUT2D eigenvalue weighted by molar-refractivity contribution is 5.89. The molecule has 23 heavy (non-hydrogen) atoms. The van der Waals surface area contributed by atoms with Gasteiger partial charge in [-0.3, -0.25) is 10.2 Å². The molecule has 114 valence electrons. The molecule has 0 aliphatic heterocycles. The van der Waals surface area contributed by atoms with Gasteiger partial charge in [0.25, 0.3) is 0 Å². The van der Waals surface area contributed by atoms with E-state index in [0.717, 1.165) is 16.8 Å². The monoisotopic (exact) mass is 302 g/mol. The molecule has 0 aliphatic rings. The first-order valence-corrected chi connectivity index (χ1v) is 7.51. The van der Waals surface area contributed by atoms with Gasteiger partial charge < -0.3 is 0 Å². The Morgan fingerprint density at radius 1 is 0.783 bits per heavy atom. The van der Waals surface area contributed by atoms with Gasteiger partial charge in [-0.1, -0.05) is 66.7 Å². The van der Waals surface area contributed by atoms with Crippen LogP contribution in [-0.4, -0.2) is 11.4 Å². The number of anilines is 2. The molecule has 3 aromatic rings. The summed E-state index contributed by atoms with van der Waals surface area (Å²) in [7, 11) is 0. The first kappa shape index (κ1) is 15.0. The Hall–Kier alpha value is -2.91. The molecular weight excluding hydrogens is 284 g/mol. The fourth-order valence-electron chi connectivity index (χ4n) is 2.33. The normalized spacial score (nSPS) is 10.8. The lowest BCUT2D eigenvalue weighted by Crippen LogP contribution is -2.12. The molecule has 3 nitrogen and oxygen atoms in total. The summed E-state index contributed by atoms with van der Waals surface area (Å²) in [6.45, 7) is 0.617. The Morgan fingerprint density at radius 3 is 2.13 bits per heavy atom. The van der Waals surface area contributed by atoms with Crippen LogP contribution in [0.1, 0.15) is 11.1 Å². The van der Waals surface area contributed by atoms with Crippen molar-refractivity contribution >= 4 is 17.6 Å². The van der Waals surface area contributed by atoms with Crippen molar-refractivity contribution in [1.29, 1.82) is 0 Å². The van der Waals surface area contributed by atoms with Crippen molar-refractivity contribution in [3.05, 3.63) is 96.1 Å². The molecular formula is C20H18N2O. The van der Waals surface area contributed by atoms with Crippen LogP contribution in [0.2, 0.25) is 0 Å². The molecule has 0 amide bonds. The maximum Gasteiger partial charge on any atom is 0.0780 e. The van der Waals surface area contributed by atoms with E-state index in [9.17, 15) is 5.21 Å². The lowest BCUT2D eigenvalue weighted by molar-refractivity contribution is 0.301. The van der Waals surface area contributed by atoms with Gasteiger partial charge in [0.05, 0.1) is 17.9 Å². The van der Waals surface area contributed by atoms with E-state index in [-0.39, 0.29) is 0 Å². The third kappa shape index (κ3) is 3.84. The fourth-order valence-corrected chi connectivity index (χ4v) is 2.33. The molecule has 3 heteroatoms. The molecule has 0 atom stereocenters. The van der Waals surface area contributed by atoms with Crippen molar-refractivity contribution < 1.29 is 5.21 Å². The molecule has 3 rings (SSSR count). The predicted molar refractivity (Wildman–Crippen MR) is 94.5 cm³/mol. The highest BCUT2D eigenvalue weighted by Gasteiger charge is 2.09. The smallest absolute Gasteiger partial charge is 0.0780 e. The summed E-state index contributed by atoms with van der Waals surface area (Å²) in [4.78, 5) is 4.49. The number of rotatable bonds is 5. The minimum absolute atomic E-state index is 0.617. The van der Waals surface area contributed by atoms with Gasteiger partial charge in [-0.25, -0.2) is 5.06 Å². The van der Waals surface area contributed by atoms with Crippen LogP contribution in [0.15, 0.2) is 89.9 Å². The molecule has 0 heterocycles. The van der Waals surface area contributed by atoms with E-state index in [2.05, 4.69) is 4.99 Å². The summed E-state index contributed by atoms with van der Waals surface area (Å²) in [5.41, 5.74) is 3.45. The van der Waals surface area contributed by atoms with Crippen molar-refractivity contribution in [2.45, 2.75) is 6.54 Å². The standard InChI is InChI=1S/C20H18N2O/c23-22(19-12-5-2-6-13-19)20-14-8-7-11-18(20)16-21-15-17-9-3-1-4-10-17/h1-14,16,23H,15H2. The lowest BCUT2D eigenvalue weighted by Gasteiger charge is -2.18. The Balaban J connectivity index is 1.81. The molecule has 0 saturated carbocycles. The average Bonchev–Trinajstić information content (AvgIpc) is 2.63. The summed E-state index contributed by atoms with van der Waals surface area (Å²) in [6, 6.07) is 27.2. The Bertz CT molecular complexity index is 770. The van der Waals surface area contributed by atoms with Crippen LogP contribution in [-0.2, 0) is 6.54 Å². The molecule has 0 unspecified atom stereocenters. The quantitative estimate of drug-likeness (QED) is 0.541.